The van der Waals surface area contributed by atoms with Crippen molar-refractivity contribution in [3.63, 3.8) is 0 Å². The zero-order valence-electron chi connectivity index (χ0n) is 10.7. The van der Waals surface area contributed by atoms with Crippen LogP contribution in [0.2, 0.25) is 0 Å². The molecule has 5 heteroatoms. The minimum Gasteiger partial charge on any atom is -0.467 e. The zero-order valence-corrected chi connectivity index (χ0v) is 10.7. The number of furan rings is 1. The van der Waals surface area contributed by atoms with Crippen molar-refractivity contribution in [2.24, 2.45) is 0 Å². The summed E-state index contributed by atoms with van der Waals surface area (Å²) in [7, 11) is 1.77. The number of carbonyl (C=O) groups excluding carboxylic acids is 1. The molecular weight excluding hydrogens is 232 g/mol. The van der Waals surface area contributed by atoms with Crippen molar-refractivity contribution in [2.75, 3.05) is 26.7 Å². The van der Waals surface area contributed by atoms with E-state index in [2.05, 4.69) is 0 Å². The number of hydrogen-bond donors (Lipinski definition) is 1. The van der Waals surface area contributed by atoms with Crippen LogP contribution in [0.15, 0.2) is 22.8 Å². The van der Waals surface area contributed by atoms with Gasteiger partial charge >= 0.3 is 0 Å². The van der Waals surface area contributed by atoms with Gasteiger partial charge in [0.25, 0.3) is 0 Å². The van der Waals surface area contributed by atoms with Crippen molar-refractivity contribution < 1.29 is 14.3 Å². The summed E-state index contributed by atoms with van der Waals surface area (Å²) in [5, 5.41) is 9.56. The highest BCUT2D eigenvalue weighted by atomic mass is 16.3. The Hall–Kier alpha value is -1.33. The quantitative estimate of drug-likeness (QED) is 0.857. The summed E-state index contributed by atoms with van der Waals surface area (Å²) in [6.45, 7) is 2.34. The number of rotatable bonds is 4. The summed E-state index contributed by atoms with van der Waals surface area (Å²) >= 11 is 0. The maximum absolute atomic E-state index is 12.0. The molecule has 1 atom stereocenters. The molecule has 2 rings (SSSR count). The number of nitrogens with zero attached hydrogens (tertiary/aromatic N) is 2. The van der Waals surface area contributed by atoms with E-state index in [1.165, 1.54) is 0 Å². The fraction of sp³-hybridized carbons (Fsp3) is 0.615. The SMILES string of the molecule is CN(Cc1ccco1)C(=O)CN1CCC[C@H](O)C1. The van der Waals surface area contributed by atoms with E-state index in [0.29, 0.717) is 19.6 Å². The lowest BCUT2D eigenvalue weighted by Crippen LogP contribution is -2.44. The minimum atomic E-state index is -0.290. The average molecular weight is 252 g/mol. The molecule has 5 nitrogen and oxygen atoms in total. The molecule has 0 aliphatic carbocycles. The van der Waals surface area contributed by atoms with E-state index < -0.39 is 0 Å². The first-order chi connectivity index (χ1) is 8.65. The van der Waals surface area contributed by atoms with E-state index in [-0.39, 0.29) is 12.0 Å². The first-order valence-electron chi connectivity index (χ1n) is 6.32. The predicted molar refractivity (Wildman–Crippen MR) is 66.9 cm³/mol. The number of amides is 1. The number of likely N-dealkylation sites (tertiary alicyclic amines) is 1. The Labute approximate surface area is 107 Å². The molecule has 100 valence electrons. The molecule has 0 bridgehead atoms. The van der Waals surface area contributed by atoms with E-state index in [1.807, 2.05) is 17.0 Å². The molecule has 18 heavy (non-hydrogen) atoms. The number of likely N-dealkylation sites (N-methyl/N-ethyl adjacent to an activating group) is 1. The predicted octanol–water partition coefficient (Wildman–Crippen LogP) is 0.695. The number of aliphatic hydroxyl groups is 1. The maximum Gasteiger partial charge on any atom is 0.236 e. The van der Waals surface area contributed by atoms with Crippen molar-refractivity contribution in [2.45, 2.75) is 25.5 Å². The standard InChI is InChI=1S/C13H20N2O3/c1-14(9-12-5-3-7-18-12)13(17)10-15-6-2-4-11(16)8-15/h3,5,7,11,16H,2,4,6,8-10H2,1H3/t11-/m0/s1. The van der Waals surface area contributed by atoms with Gasteiger partial charge in [0.05, 0.1) is 25.5 Å². The van der Waals surface area contributed by atoms with E-state index in [0.717, 1.165) is 25.1 Å². The molecule has 1 aliphatic heterocycles. The molecule has 0 aromatic carbocycles. The Bertz CT molecular complexity index is 378. The number of piperidine rings is 1. The average Bonchev–Trinajstić information content (AvgIpc) is 2.81. The third-order valence-corrected chi connectivity index (χ3v) is 3.24. The Morgan fingerprint density at radius 2 is 2.50 bits per heavy atom. The second-order valence-corrected chi connectivity index (χ2v) is 4.86. The summed E-state index contributed by atoms with van der Waals surface area (Å²) in [6, 6.07) is 3.67. The van der Waals surface area contributed by atoms with E-state index in [1.54, 1.807) is 18.2 Å². The van der Waals surface area contributed by atoms with Crippen LogP contribution in [0.5, 0.6) is 0 Å². The Balaban J connectivity index is 1.79. The monoisotopic (exact) mass is 252 g/mol. The normalized spacial score (nSPS) is 20.9. The van der Waals surface area contributed by atoms with Crippen molar-refractivity contribution >= 4 is 5.91 Å². The summed E-state index contributed by atoms with van der Waals surface area (Å²) < 4.78 is 5.21. The van der Waals surface area contributed by atoms with Crippen molar-refractivity contribution in [1.82, 2.24) is 9.80 Å². The van der Waals surface area contributed by atoms with E-state index in [9.17, 15) is 9.90 Å². The number of aliphatic hydroxyl groups excluding tert-OH is 1. The Kier molecular flexibility index (Phi) is 4.38. The molecule has 1 fully saturated rings. The van der Waals surface area contributed by atoms with Gasteiger partial charge in [-0.25, -0.2) is 0 Å². The highest BCUT2D eigenvalue weighted by Crippen LogP contribution is 2.10. The van der Waals surface area contributed by atoms with Crippen LogP contribution in [-0.4, -0.2) is 53.6 Å². The van der Waals surface area contributed by atoms with Gasteiger partial charge < -0.3 is 14.4 Å². The lowest BCUT2D eigenvalue weighted by Gasteiger charge is -2.30. The number of β-amino-alcohol motifs (C(OH)–C–C–N with tert-alkyl or cyclic N) is 1. The third-order valence-electron chi connectivity index (χ3n) is 3.24. The van der Waals surface area contributed by atoms with Crippen LogP contribution in [0.1, 0.15) is 18.6 Å². The lowest BCUT2D eigenvalue weighted by atomic mass is 10.1. The van der Waals surface area contributed by atoms with E-state index in [4.69, 9.17) is 4.42 Å². The molecule has 0 radical (unpaired) electrons. The van der Waals surface area contributed by atoms with Crippen molar-refractivity contribution in [3.05, 3.63) is 24.2 Å². The van der Waals surface area contributed by atoms with E-state index >= 15 is 0 Å². The molecule has 2 heterocycles. The van der Waals surface area contributed by atoms with Gasteiger partial charge in [-0.3, -0.25) is 9.69 Å². The number of hydrogen-bond acceptors (Lipinski definition) is 4. The highest BCUT2D eigenvalue weighted by Gasteiger charge is 2.21. The van der Waals surface area contributed by atoms with Crippen molar-refractivity contribution in [1.29, 1.82) is 0 Å². The molecule has 0 saturated carbocycles. The van der Waals surface area contributed by atoms with Crippen LogP contribution in [0.25, 0.3) is 0 Å². The van der Waals surface area contributed by atoms with Gasteiger partial charge in [-0.15, -0.1) is 0 Å². The largest absolute Gasteiger partial charge is 0.467 e. The van der Waals surface area contributed by atoms with Crippen LogP contribution in [0, 0.1) is 0 Å². The molecule has 0 unspecified atom stereocenters. The fourth-order valence-electron chi connectivity index (χ4n) is 2.21. The molecular formula is C13H20N2O3. The second-order valence-electron chi connectivity index (χ2n) is 4.86. The summed E-state index contributed by atoms with van der Waals surface area (Å²) in [5.41, 5.74) is 0. The minimum absolute atomic E-state index is 0.0560. The molecule has 1 aromatic heterocycles. The van der Waals surface area contributed by atoms with Gasteiger partial charge in [0, 0.05) is 13.6 Å². The van der Waals surface area contributed by atoms with Gasteiger partial charge in [0.1, 0.15) is 5.76 Å². The van der Waals surface area contributed by atoms with Crippen LogP contribution >= 0.6 is 0 Å². The zero-order chi connectivity index (χ0) is 13.0. The topological polar surface area (TPSA) is 56.9 Å². The first-order valence-corrected chi connectivity index (χ1v) is 6.32. The van der Waals surface area contributed by atoms with Crippen LogP contribution in [0.3, 0.4) is 0 Å². The third kappa shape index (κ3) is 3.58. The van der Waals surface area contributed by atoms with Crippen LogP contribution < -0.4 is 0 Å². The summed E-state index contributed by atoms with van der Waals surface area (Å²) in [6.07, 6.45) is 3.11. The van der Waals surface area contributed by atoms with Crippen LogP contribution in [0.4, 0.5) is 0 Å². The molecule has 1 saturated heterocycles. The van der Waals surface area contributed by atoms with Gasteiger partial charge in [0.15, 0.2) is 0 Å². The van der Waals surface area contributed by atoms with Crippen molar-refractivity contribution in [3.8, 4) is 0 Å². The van der Waals surface area contributed by atoms with Gasteiger partial charge in [-0.05, 0) is 31.5 Å². The fourth-order valence-corrected chi connectivity index (χ4v) is 2.21. The Morgan fingerprint density at radius 1 is 1.67 bits per heavy atom. The smallest absolute Gasteiger partial charge is 0.236 e. The molecule has 1 amide bonds. The highest BCUT2D eigenvalue weighted by molar-refractivity contribution is 5.77. The molecule has 1 aliphatic rings. The Morgan fingerprint density at radius 3 is 3.17 bits per heavy atom. The molecule has 0 spiro atoms. The summed E-state index contributed by atoms with van der Waals surface area (Å²) in [4.78, 5) is 15.7. The second kappa shape index (κ2) is 6.02. The first kappa shape index (κ1) is 13.1. The molecule has 1 N–H and O–H groups in total. The number of carbonyl (C=O) groups is 1. The van der Waals surface area contributed by atoms with Crippen LogP contribution in [-0.2, 0) is 11.3 Å². The van der Waals surface area contributed by atoms with Gasteiger partial charge in [0.2, 0.25) is 5.91 Å². The summed E-state index contributed by atoms with van der Waals surface area (Å²) in [5.74, 6) is 0.838. The van der Waals surface area contributed by atoms with Gasteiger partial charge in [-0.2, -0.15) is 0 Å². The molecule has 1 aromatic rings. The van der Waals surface area contributed by atoms with Gasteiger partial charge in [-0.1, -0.05) is 0 Å². The maximum atomic E-state index is 12.0. The lowest BCUT2D eigenvalue weighted by molar-refractivity contribution is -0.132.